The lowest BCUT2D eigenvalue weighted by molar-refractivity contribution is 0.201. The summed E-state index contributed by atoms with van der Waals surface area (Å²) < 4.78 is 32.7. The Bertz CT molecular complexity index is 495. The van der Waals surface area contributed by atoms with E-state index in [2.05, 4.69) is 0 Å². The first-order chi connectivity index (χ1) is 8.37. The Morgan fingerprint density at radius 1 is 1.33 bits per heavy atom. The van der Waals surface area contributed by atoms with E-state index >= 15 is 0 Å². The van der Waals surface area contributed by atoms with E-state index in [4.69, 9.17) is 9.47 Å². The van der Waals surface area contributed by atoms with Gasteiger partial charge in [-0.1, -0.05) is 6.07 Å². The quantitative estimate of drug-likeness (QED) is 0.843. The molecule has 1 N–H and O–H groups in total. The van der Waals surface area contributed by atoms with E-state index in [1.165, 1.54) is 7.11 Å². The Balaban J connectivity index is 3.00. The fraction of sp³-hybridized carbons (Fsp3) is 0.500. The minimum absolute atomic E-state index is 0.315. The minimum Gasteiger partial charge on any atom is -0.493 e. The maximum atomic E-state index is 11.1. The summed E-state index contributed by atoms with van der Waals surface area (Å²) in [4.78, 5) is 0. The van der Waals surface area contributed by atoms with Crippen LogP contribution in [-0.2, 0) is 9.84 Å². The molecule has 0 aromatic heterocycles. The highest BCUT2D eigenvalue weighted by atomic mass is 32.2. The standard InChI is InChI=1S/C12H18O5S/c1-4-17-12-7-9(5-6-11(12)16-2)10(13)8-18(3,14)15/h5-7,10,13H,4,8H2,1-3H3. The van der Waals surface area contributed by atoms with E-state index in [9.17, 15) is 13.5 Å². The lowest BCUT2D eigenvalue weighted by Crippen LogP contribution is -2.13. The molecule has 1 aromatic carbocycles. The molecule has 0 aliphatic rings. The monoisotopic (exact) mass is 274 g/mol. The van der Waals surface area contributed by atoms with Crippen molar-refractivity contribution in [1.82, 2.24) is 0 Å². The molecule has 1 rings (SSSR count). The number of aliphatic hydroxyl groups is 1. The van der Waals surface area contributed by atoms with Gasteiger partial charge in [-0.25, -0.2) is 8.42 Å². The van der Waals surface area contributed by atoms with Crippen molar-refractivity contribution >= 4 is 9.84 Å². The summed E-state index contributed by atoms with van der Waals surface area (Å²) in [5.74, 6) is 0.724. The molecule has 0 fully saturated rings. The highest BCUT2D eigenvalue weighted by Crippen LogP contribution is 2.30. The molecule has 0 aliphatic carbocycles. The molecule has 0 aliphatic heterocycles. The largest absolute Gasteiger partial charge is 0.493 e. The average molecular weight is 274 g/mol. The molecule has 1 atom stereocenters. The first kappa shape index (κ1) is 14.8. The van der Waals surface area contributed by atoms with Gasteiger partial charge in [0.25, 0.3) is 0 Å². The van der Waals surface area contributed by atoms with Crippen LogP contribution in [0.25, 0.3) is 0 Å². The van der Waals surface area contributed by atoms with Crippen LogP contribution in [0.4, 0.5) is 0 Å². The first-order valence-electron chi connectivity index (χ1n) is 5.54. The van der Waals surface area contributed by atoms with Crippen LogP contribution in [0, 0.1) is 0 Å². The molecule has 0 heterocycles. The summed E-state index contributed by atoms with van der Waals surface area (Å²) in [5, 5.41) is 9.84. The van der Waals surface area contributed by atoms with Crippen LogP contribution in [0.3, 0.4) is 0 Å². The summed E-state index contributed by atoms with van der Waals surface area (Å²) in [6.45, 7) is 2.29. The van der Waals surface area contributed by atoms with Crippen LogP contribution in [0.15, 0.2) is 18.2 Å². The molecule has 0 radical (unpaired) electrons. The van der Waals surface area contributed by atoms with Crippen molar-refractivity contribution in [3.63, 3.8) is 0 Å². The van der Waals surface area contributed by atoms with Crippen LogP contribution in [0.2, 0.25) is 0 Å². The van der Waals surface area contributed by atoms with Gasteiger partial charge in [-0.3, -0.25) is 0 Å². The van der Waals surface area contributed by atoms with Crippen molar-refractivity contribution in [3.8, 4) is 11.5 Å². The summed E-state index contributed by atoms with van der Waals surface area (Å²) >= 11 is 0. The van der Waals surface area contributed by atoms with Gasteiger partial charge in [-0.15, -0.1) is 0 Å². The zero-order valence-corrected chi connectivity index (χ0v) is 11.5. The number of methoxy groups -OCH3 is 1. The SMILES string of the molecule is CCOc1cc(C(O)CS(C)(=O)=O)ccc1OC. The van der Waals surface area contributed by atoms with E-state index in [0.29, 0.717) is 23.7 Å². The highest BCUT2D eigenvalue weighted by molar-refractivity contribution is 7.90. The van der Waals surface area contributed by atoms with Crippen LogP contribution in [-0.4, -0.2) is 39.2 Å². The molecule has 1 unspecified atom stereocenters. The summed E-state index contributed by atoms with van der Waals surface area (Å²) in [6.07, 6.45) is 0.0218. The van der Waals surface area contributed by atoms with Crippen molar-refractivity contribution in [1.29, 1.82) is 0 Å². The van der Waals surface area contributed by atoms with E-state index in [0.717, 1.165) is 6.26 Å². The van der Waals surface area contributed by atoms with Gasteiger partial charge < -0.3 is 14.6 Å². The second-order valence-electron chi connectivity index (χ2n) is 3.95. The molecule has 1 aromatic rings. The van der Waals surface area contributed by atoms with Gasteiger partial charge in [-0.05, 0) is 24.6 Å². The Hall–Kier alpha value is -1.27. The van der Waals surface area contributed by atoms with E-state index in [1.54, 1.807) is 18.2 Å². The van der Waals surface area contributed by atoms with Gasteiger partial charge in [0, 0.05) is 6.26 Å². The molecular formula is C12H18O5S. The number of hydrogen-bond acceptors (Lipinski definition) is 5. The van der Waals surface area contributed by atoms with Gasteiger partial charge in [0.05, 0.1) is 25.6 Å². The highest BCUT2D eigenvalue weighted by Gasteiger charge is 2.16. The molecule has 0 saturated carbocycles. The minimum atomic E-state index is -3.23. The lowest BCUT2D eigenvalue weighted by Gasteiger charge is -2.14. The molecule has 6 heteroatoms. The molecule has 5 nitrogen and oxygen atoms in total. The Morgan fingerprint density at radius 3 is 2.50 bits per heavy atom. The molecule has 0 bridgehead atoms. The molecule has 0 saturated heterocycles. The number of ether oxygens (including phenoxy) is 2. The smallest absolute Gasteiger partial charge is 0.161 e. The van der Waals surface area contributed by atoms with Crippen molar-refractivity contribution < 1.29 is 23.0 Å². The van der Waals surface area contributed by atoms with Crippen LogP contribution < -0.4 is 9.47 Å². The Labute approximate surface area is 107 Å². The van der Waals surface area contributed by atoms with Crippen LogP contribution >= 0.6 is 0 Å². The normalized spacial score (nSPS) is 13.1. The molecular weight excluding hydrogens is 256 g/mol. The third-order valence-corrected chi connectivity index (χ3v) is 3.25. The maximum absolute atomic E-state index is 11.1. The van der Waals surface area contributed by atoms with Gasteiger partial charge in [0.2, 0.25) is 0 Å². The number of benzene rings is 1. The molecule has 102 valence electrons. The fourth-order valence-electron chi connectivity index (χ4n) is 1.55. The van der Waals surface area contributed by atoms with Crippen molar-refractivity contribution in [3.05, 3.63) is 23.8 Å². The summed E-state index contributed by atoms with van der Waals surface area (Å²) in [5.41, 5.74) is 0.490. The third-order valence-electron chi connectivity index (χ3n) is 2.33. The van der Waals surface area contributed by atoms with E-state index in [-0.39, 0.29) is 5.75 Å². The maximum Gasteiger partial charge on any atom is 0.161 e. The average Bonchev–Trinajstić information content (AvgIpc) is 2.27. The third kappa shape index (κ3) is 4.19. The number of aliphatic hydroxyl groups excluding tert-OH is 1. The number of hydrogen-bond donors (Lipinski definition) is 1. The van der Waals surface area contributed by atoms with E-state index < -0.39 is 15.9 Å². The van der Waals surface area contributed by atoms with Crippen molar-refractivity contribution in [2.75, 3.05) is 25.7 Å². The second-order valence-corrected chi connectivity index (χ2v) is 6.14. The van der Waals surface area contributed by atoms with Crippen molar-refractivity contribution in [2.45, 2.75) is 13.0 Å². The van der Waals surface area contributed by atoms with Gasteiger partial charge >= 0.3 is 0 Å². The Kier molecular flexibility index (Phi) is 4.98. The Morgan fingerprint density at radius 2 is 2.00 bits per heavy atom. The van der Waals surface area contributed by atoms with E-state index in [1.807, 2.05) is 6.92 Å². The summed E-state index contributed by atoms with van der Waals surface area (Å²) in [6, 6.07) is 4.86. The predicted octanol–water partition coefficient (Wildman–Crippen LogP) is 1.17. The van der Waals surface area contributed by atoms with Crippen LogP contribution in [0.5, 0.6) is 11.5 Å². The van der Waals surface area contributed by atoms with Gasteiger partial charge in [-0.2, -0.15) is 0 Å². The first-order valence-corrected chi connectivity index (χ1v) is 7.60. The molecule has 18 heavy (non-hydrogen) atoms. The van der Waals surface area contributed by atoms with Crippen LogP contribution in [0.1, 0.15) is 18.6 Å². The summed E-state index contributed by atoms with van der Waals surface area (Å²) in [7, 11) is -1.72. The zero-order valence-electron chi connectivity index (χ0n) is 10.7. The molecule has 0 amide bonds. The van der Waals surface area contributed by atoms with Gasteiger partial charge in [0.1, 0.15) is 9.84 Å². The second kappa shape index (κ2) is 6.06. The van der Waals surface area contributed by atoms with Crippen molar-refractivity contribution in [2.24, 2.45) is 0 Å². The zero-order chi connectivity index (χ0) is 13.8. The number of rotatable bonds is 6. The molecule has 0 spiro atoms. The topological polar surface area (TPSA) is 72.8 Å². The lowest BCUT2D eigenvalue weighted by atomic mass is 10.1. The van der Waals surface area contributed by atoms with Gasteiger partial charge in [0.15, 0.2) is 11.5 Å². The predicted molar refractivity (Wildman–Crippen MR) is 68.8 cm³/mol. The number of sulfone groups is 1. The fourth-order valence-corrected chi connectivity index (χ4v) is 2.32.